The van der Waals surface area contributed by atoms with E-state index in [0.29, 0.717) is 16.7 Å². The number of hydrogen-bond donors (Lipinski definition) is 3. The van der Waals surface area contributed by atoms with Crippen LogP contribution in [0.2, 0.25) is 0 Å². The van der Waals surface area contributed by atoms with Crippen molar-refractivity contribution in [3.05, 3.63) is 16.7 Å². The first-order valence-electron chi connectivity index (χ1n) is 3.83. The summed E-state index contributed by atoms with van der Waals surface area (Å²) in [5, 5.41) is 14.5. The van der Waals surface area contributed by atoms with Crippen LogP contribution in [-0.4, -0.2) is 29.8 Å². The Kier molecular flexibility index (Phi) is 1.06. The number of anilines is 1. The summed E-state index contributed by atoms with van der Waals surface area (Å²) in [6.07, 6.45) is 1.55. The molecule has 0 radical (unpaired) electrons. The molecule has 3 rings (SSSR count). The molecule has 8 heteroatoms. The van der Waals surface area contributed by atoms with Crippen LogP contribution in [0.15, 0.2) is 11.0 Å². The maximum atomic E-state index is 11.5. The average Bonchev–Trinajstić information content (AvgIpc) is 2.71. The molecular formula is C6H5N7O. The maximum absolute atomic E-state index is 11.5. The quantitative estimate of drug-likeness (QED) is 0.415. The third kappa shape index (κ3) is 0.672. The Morgan fingerprint density at radius 3 is 3.14 bits per heavy atom. The Bertz CT molecular complexity index is 674. The normalized spacial score (nSPS) is 11.4. The van der Waals surface area contributed by atoms with Gasteiger partial charge in [-0.3, -0.25) is 10.1 Å². The fourth-order valence-corrected chi connectivity index (χ4v) is 1.38. The summed E-state index contributed by atoms with van der Waals surface area (Å²) in [5.74, 6) is 0.0596. The first-order chi connectivity index (χ1) is 6.77. The van der Waals surface area contributed by atoms with Crippen molar-refractivity contribution in [3.8, 4) is 0 Å². The minimum atomic E-state index is -0.390. The third-order valence-electron chi connectivity index (χ3n) is 2.00. The molecule has 0 aliphatic rings. The first kappa shape index (κ1) is 7.06. The van der Waals surface area contributed by atoms with Gasteiger partial charge in [0.05, 0.1) is 11.6 Å². The number of nitrogen functional groups attached to an aromatic ring is 1. The second-order valence-electron chi connectivity index (χ2n) is 2.81. The number of aromatic amines is 2. The van der Waals surface area contributed by atoms with Crippen LogP contribution in [0.1, 0.15) is 0 Å². The van der Waals surface area contributed by atoms with Gasteiger partial charge in [0, 0.05) is 0 Å². The SMILES string of the molecule is Nc1nnc2c3cn[nH]c3[nH]c(=O)n12. The molecule has 14 heavy (non-hydrogen) atoms. The minimum absolute atomic E-state index is 0.0596. The summed E-state index contributed by atoms with van der Waals surface area (Å²) in [5.41, 5.74) is 5.99. The van der Waals surface area contributed by atoms with E-state index in [1.54, 1.807) is 6.20 Å². The summed E-state index contributed by atoms with van der Waals surface area (Å²) >= 11 is 0. The number of nitrogens with one attached hydrogen (secondary N) is 2. The van der Waals surface area contributed by atoms with Gasteiger partial charge in [0.2, 0.25) is 5.95 Å². The molecular weight excluding hydrogens is 186 g/mol. The molecule has 3 heterocycles. The molecule has 0 aliphatic heterocycles. The molecule has 4 N–H and O–H groups in total. The number of nitrogens with two attached hydrogens (primary N) is 1. The van der Waals surface area contributed by atoms with E-state index >= 15 is 0 Å². The molecule has 0 saturated carbocycles. The largest absolute Gasteiger partial charge is 0.367 e. The molecule has 8 nitrogen and oxygen atoms in total. The fourth-order valence-electron chi connectivity index (χ4n) is 1.38. The van der Waals surface area contributed by atoms with E-state index in [1.165, 1.54) is 4.40 Å². The predicted molar refractivity (Wildman–Crippen MR) is 47.7 cm³/mol. The van der Waals surface area contributed by atoms with Gasteiger partial charge in [0.15, 0.2) is 5.65 Å². The summed E-state index contributed by atoms with van der Waals surface area (Å²) in [6.45, 7) is 0. The number of rotatable bonds is 0. The van der Waals surface area contributed by atoms with Crippen LogP contribution >= 0.6 is 0 Å². The lowest BCUT2D eigenvalue weighted by molar-refractivity contribution is 1.01. The number of nitrogens with zero attached hydrogens (tertiary/aromatic N) is 4. The lowest BCUT2D eigenvalue weighted by Crippen LogP contribution is -2.17. The van der Waals surface area contributed by atoms with Gasteiger partial charge >= 0.3 is 5.69 Å². The number of aromatic nitrogens is 6. The topological polar surface area (TPSA) is 118 Å². The molecule has 0 fully saturated rings. The van der Waals surface area contributed by atoms with Crippen molar-refractivity contribution in [3.63, 3.8) is 0 Å². The average molecular weight is 191 g/mol. The highest BCUT2D eigenvalue weighted by atomic mass is 16.1. The Labute approximate surface area is 75.8 Å². The molecule has 0 bridgehead atoms. The van der Waals surface area contributed by atoms with Crippen LogP contribution in [0, 0.1) is 0 Å². The van der Waals surface area contributed by atoms with Gasteiger partial charge in [-0.05, 0) is 0 Å². The molecule has 3 aromatic heterocycles. The van der Waals surface area contributed by atoms with E-state index < -0.39 is 0 Å². The summed E-state index contributed by atoms with van der Waals surface area (Å²) in [7, 11) is 0. The Morgan fingerprint density at radius 2 is 2.29 bits per heavy atom. The molecule has 3 aromatic rings. The van der Waals surface area contributed by atoms with E-state index in [9.17, 15) is 4.79 Å². The zero-order valence-corrected chi connectivity index (χ0v) is 6.85. The smallest absolute Gasteiger partial charge is 0.335 e. The van der Waals surface area contributed by atoms with Gasteiger partial charge in [-0.15, -0.1) is 10.2 Å². The molecule has 0 amide bonds. The Morgan fingerprint density at radius 1 is 1.43 bits per heavy atom. The number of fused-ring (bicyclic) bond motifs is 3. The molecule has 0 aromatic carbocycles. The van der Waals surface area contributed by atoms with Gasteiger partial charge in [-0.1, -0.05) is 0 Å². The first-order valence-corrected chi connectivity index (χ1v) is 3.83. The molecule has 0 aliphatic carbocycles. The van der Waals surface area contributed by atoms with E-state index in [4.69, 9.17) is 5.73 Å². The standard InChI is InChI=1S/C6H5N7O/c7-5-12-11-4-2-1-8-10-3(2)9-6(14)13(4)5/h1H,(H2,7,12)(H2,8,9,10,14). The van der Waals surface area contributed by atoms with Crippen LogP contribution in [0.4, 0.5) is 5.95 Å². The zero-order valence-electron chi connectivity index (χ0n) is 6.85. The highest BCUT2D eigenvalue weighted by Crippen LogP contribution is 2.12. The van der Waals surface area contributed by atoms with Crippen molar-refractivity contribution in [1.82, 2.24) is 29.8 Å². The highest BCUT2D eigenvalue weighted by Gasteiger charge is 2.10. The van der Waals surface area contributed by atoms with Gasteiger partial charge in [-0.25, -0.2) is 9.20 Å². The lowest BCUT2D eigenvalue weighted by Gasteiger charge is -1.93. The maximum Gasteiger partial charge on any atom is 0.335 e. The van der Waals surface area contributed by atoms with E-state index in [-0.39, 0.29) is 11.6 Å². The molecule has 0 atom stereocenters. The minimum Gasteiger partial charge on any atom is -0.367 e. The van der Waals surface area contributed by atoms with Crippen molar-refractivity contribution < 1.29 is 0 Å². The predicted octanol–water partition coefficient (Wildman–Crippen LogP) is -1.12. The van der Waals surface area contributed by atoms with Crippen molar-refractivity contribution >= 4 is 22.6 Å². The summed E-state index contributed by atoms with van der Waals surface area (Å²) in [6, 6.07) is 0. The monoisotopic (exact) mass is 191 g/mol. The van der Waals surface area contributed by atoms with Crippen molar-refractivity contribution in [2.24, 2.45) is 0 Å². The summed E-state index contributed by atoms with van der Waals surface area (Å²) in [4.78, 5) is 14.0. The third-order valence-corrected chi connectivity index (χ3v) is 2.00. The van der Waals surface area contributed by atoms with Gasteiger partial charge in [0.1, 0.15) is 5.65 Å². The Balaban J connectivity index is 2.76. The van der Waals surface area contributed by atoms with Crippen LogP contribution in [0.25, 0.3) is 16.7 Å². The second kappa shape index (κ2) is 2.10. The highest BCUT2D eigenvalue weighted by molar-refractivity contribution is 5.88. The second-order valence-corrected chi connectivity index (χ2v) is 2.81. The lowest BCUT2D eigenvalue weighted by atomic mass is 10.4. The molecule has 70 valence electrons. The van der Waals surface area contributed by atoms with E-state index in [0.717, 1.165) is 0 Å². The van der Waals surface area contributed by atoms with Crippen LogP contribution in [0.5, 0.6) is 0 Å². The fraction of sp³-hybridized carbons (Fsp3) is 0. The number of hydrogen-bond acceptors (Lipinski definition) is 5. The van der Waals surface area contributed by atoms with Crippen LogP contribution in [-0.2, 0) is 0 Å². The van der Waals surface area contributed by atoms with E-state index in [1.807, 2.05) is 0 Å². The molecule has 0 saturated heterocycles. The van der Waals surface area contributed by atoms with E-state index in [2.05, 4.69) is 25.4 Å². The van der Waals surface area contributed by atoms with Gasteiger partial charge < -0.3 is 5.73 Å². The molecule has 0 spiro atoms. The van der Waals surface area contributed by atoms with Crippen molar-refractivity contribution in [2.45, 2.75) is 0 Å². The van der Waals surface area contributed by atoms with Crippen molar-refractivity contribution in [1.29, 1.82) is 0 Å². The van der Waals surface area contributed by atoms with Crippen LogP contribution in [0.3, 0.4) is 0 Å². The van der Waals surface area contributed by atoms with Crippen LogP contribution < -0.4 is 11.4 Å². The Hall–Kier alpha value is -2.38. The van der Waals surface area contributed by atoms with Crippen molar-refractivity contribution in [2.75, 3.05) is 5.73 Å². The van der Waals surface area contributed by atoms with Gasteiger partial charge in [-0.2, -0.15) is 5.10 Å². The summed E-state index contributed by atoms with van der Waals surface area (Å²) < 4.78 is 1.19. The number of H-pyrrole nitrogens is 2. The zero-order chi connectivity index (χ0) is 9.71. The van der Waals surface area contributed by atoms with Gasteiger partial charge in [0.25, 0.3) is 0 Å². The molecule has 0 unspecified atom stereocenters.